The van der Waals surface area contributed by atoms with Crippen LogP contribution in [0.5, 0.6) is 0 Å². The molecule has 0 unspecified atom stereocenters. The molecule has 0 spiro atoms. The molecule has 1 aliphatic heterocycles. The molecule has 1 aliphatic rings. The van der Waals surface area contributed by atoms with Gasteiger partial charge in [0.2, 0.25) is 0 Å². The zero-order chi connectivity index (χ0) is 9.15. The Morgan fingerprint density at radius 3 is 3.00 bits per heavy atom. The lowest BCUT2D eigenvalue weighted by Gasteiger charge is -2.38. The minimum absolute atomic E-state index is 0.315. The molecule has 0 amide bonds. The van der Waals surface area contributed by atoms with Gasteiger partial charge in [-0.3, -0.25) is 4.98 Å². The highest BCUT2D eigenvalue weighted by Gasteiger charge is 2.32. The first kappa shape index (κ1) is 8.51. The van der Waals surface area contributed by atoms with Gasteiger partial charge < -0.3 is 10.1 Å². The summed E-state index contributed by atoms with van der Waals surface area (Å²) in [5.74, 6) is 0. The van der Waals surface area contributed by atoms with Gasteiger partial charge in [-0.25, -0.2) is 0 Å². The molecule has 0 aromatic carbocycles. The van der Waals surface area contributed by atoms with Crippen molar-refractivity contribution >= 4 is 5.69 Å². The van der Waals surface area contributed by atoms with Crippen LogP contribution in [-0.4, -0.2) is 24.7 Å². The smallest absolute Gasteiger partial charge is 0.0559 e. The van der Waals surface area contributed by atoms with Crippen molar-refractivity contribution in [3.8, 4) is 0 Å². The van der Waals surface area contributed by atoms with Gasteiger partial charge in [0.25, 0.3) is 0 Å². The number of ether oxygens (including phenoxy) is 1. The molecular weight excluding hydrogens is 164 g/mol. The highest BCUT2D eigenvalue weighted by molar-refractivity contribution is 5.39. The number of anilines is 1. The van der Waals surface area contributed by atoms with Crippen LogP contribution in [0.15, 0.2) is 24.5 Å². The first-order chi connectivity index (χ1) is 6.29. The summed E-state index contributed by atoms with van der Waals surface area (Å²) in [5.41, 5.74) is 1.39. The topological polar surface area (TPSA) is 34.2 Å². The summed E-state index contributed by atoms with van der Waals surface area (Å²) in [7, 11) is 0. The Balaban J connectivity index is 1.86. The lowest BCUT2D eigenvalue weighted by atomic mass is 9.89. The van der Waals surface area contributed by atoms with Crippen LogP contribution in [0.2, 0.25) is 0 Å². The van der Waals surface area contributed by atoms with Gasteiger partial charge >= 0.3 is 0 Å². The van der Waals surface area contributed by atoms with Crippen molar-refractivity contribution < 1.29 is 4.74 Å². The average molecular weight is 178 g/mol. The summed E-state index contributed by atoms with van der Waals surface area (Å²) in [6, 6.07) is 3.96. The van der Waals surface area contributed by atoms with Gasteiger partial charge in [-0.1, -0.05) is 6.92 Å². The second kappa shape index (κ2) is 3.34. The third kappa shape index (κ3) is 1.98. The van der Waals surface area contributed by atoms with E-state index in [0.717, 1.165) is 25.4 Å². The minimum atomic E-state index is 0.315. The summed E-state index contributed by atoms with van der Waals surface area (Å²) in [6.07, 6.45) is 3.61. The number of pyridine rings is 1. The maximum atomic E-state index is 5.17. The molecule has 3 nitrogen and oxygen atoms in total. The normalized spacial score (nSPS) is 19.2. The highest BCUT2D eigenvalue weighted by Crippen LogP contribution is 2.26. The van der Waals surface area contributed by atoms with Gasteiger partial charge in [-0.15, -0.1) is 0 Å². The second-order valence-electron chi connectivity index (χ2n) is 3.90. The van der Waals surface area contributed by atoms with E-state index in [1.807, 2.05) is 18.3 Å². The molecule has 13 heavy (non-hydrogen) atoms. The Hall–Kier alpha value is -1.09. The van der Waals surface area contributed by atoms with E-state index in [2.05, 4.69) is 17.2 Å². The van der Waals surface area contributed by atoms with Crippen LogP contribution in [0.25, 0.3) is 0 Å². The largest absolute Gasteiger partial charge is 0.383 e. The van der Waals surface area contributed by atoms with Gasteiger partial charge in [0.15, 0.2) is 0 Å². The number of hydrogen-bond donors (Lipinski definition) is 1. The van der Waals surface area contributed by atoms with Crippen molar-refractivity contribution in [1.82, 2.24) is 4.98 Å². The number of hydrogen-bond acceptors (Lipinski definition) is 3. The van der Waals surface area contributed by atoms with E-state index in [9.17, 15) is 0 Å². The zero-order valence-corrected chi connectivity index (χ0v) is 7.79. The molecule has 1 aromatic rings. The molecule has 0 radical (unpaired) electrons. The Morgan fingerprint density at radius 1 is 1.62 bits per heavy atom. The molecular formula is C10H14N2O. The van der Waals surface area contributed by atoms with E-state index in [-0.39, 0.29) is 0 Å². The fourth-order valence-corrected chi connectivity index (χ4v) is 1.34. The van der Waals surface area contributed by atoms with Crippen LogP contribution in [0.3, 0.4) is 0 Å². The van der Waals surface area contributed by atoms with Crippen molar-refractivity contribution in [2.45, 2.75) is 6.92 Å². The van der Waals surface area contributed by atoms with Crippen LogP contribution in [-0.2, 0) is 4.74 Å². The Morgan fingerprint density at radius 2 is 2.46 bits per heavy atom. The van der Waals surface area contributed by atoms with E-state index in [1.165, 1.54) is 0 Å². The molecule has 0 bridgehead atoms. The van der Waals surface area contributed by atoms with E-state index < -0.39 is 0 Å². The van der Waals surface area contributed by atoms with Crippen molar-refractivity contribution in [2.75, 3.05) is 25.1 Å². The van der Waals surface area contributed by atoms with Crippen LogP contribution < -0.4 is 5.32 Å². The first-order valence-electron chi connectivity index (χ1n) is 4.50. The molecule has 0 aliphatic carbocycles. The number of rotatable bonds is 3. The van der Waals surface area contributed by atoms with Gasteiger partial charge in [0, 0.05) is 24.4 Å². The first-order valence-corrected chi connectivity index (χ1v) is 4.50. The van der Waals surface area contributed by atoms with Gasteiger partial charge in [-0.05, 0) is 12.1 Å². The van der Waals surface area contributed by atoms with Crippen LogP contribution in [0.1, 0.15) is 6.92 Å². The molecule has 1 aromatic heterocycles. The van der Waals surface area contributed by atoms with E-state index in [1.54, 1.807) is 6.20 Å². The van der Waals surface area contributed by atoms with Gasteiger partial charge in [0.05, 0.1) is 18.9 Å². The van der Waals surface area contributed by atoms with Crippen molar-refractivity contribution in [2.24, 2.45) is 5.41 Å². The third-order valence-electron chi connectivity index (χ3n) is 2.28. The molecule has 2 heterocycles. The molecule has 0 atom stereocenters. The van der Waals surface area contributed by atoms with Crippen molar-refractivity contribution in [3.05, 3.63) is 24.5 Å². The lowest BCUT2D eigenvalue weighted by Crippen LogP contribution is -2.45. The second-order valence-corrected chi connectivity index (χ2v) is 3.90. The Bertz CT molecular complexity index is 270. The van der Waals surface area contributed by atoms with E-state index in [4.69, 9.17) is 4.74 Å². The Kier molecular flexibility index (Phi) is 2.19. The van der Waals surface area contributed by atoms with Gasteiger partial charge in [0.1, 0.15) is 0 Å². The molecule has 1 saturated heterocycles. The third-order valence-corrected chi connectivity index (χ3v) is 2.28. The summed E-state index contributed by atoms with van der Waals surface area (Å²) in [6.45, 7) is 4.90. The predicted molar refractivity (Wildman–Crippen MR) is 51.7 cm³/mol. The lowest BCUT2D eigenvalue weighted by molar-refractivity contribution is -0.0924. The van der Waals surface area contributed by atoms with E-state index >= 15 is 0 Å². The van der Waals surface area contributed by atoms with Crippen LogP contribution in [0.4, 0.5) is 5.69 Å². The highest BCUT2D eigenvalue weighted by atomic mass is 16.5. The molecule has 1 fully saturated rings. The number of nitrogens with zero attached hydrogens (tertiary/aromatic N) is 1. The maximum Gasteiger partial charge on any atom is 0.0559 e. The molecule has 2 rings (SSSR count). The summed E-state index contributed by atoms with van der Waals surface area (Å²) in [4.78, 5) is 4.04. The summed E-state index contributed by atoms with van der Waals surface area (Å²) in [5, 5.41) is 3.34. The Labute approximate surface area is 78.1 Å². The molecule has 1 N–H and O–H groups in total. The average Bonchev–Trinajstić information content (AvgIpc) is 2.13. The standard InChI is InChI=1S/C10H14N2O/c1-10(7-13-8-10)6-12-9-3-2-4-11-5-9/h2-5,12H,6-8H2,1H3. The van der Waals surface area contributed by atoms with E-state index in [0.29, 0.717) is 5.41 Å². The molecule has 3 heteroatoms. The van der Waals surface area contributed by atoms with Crippen molar-refractivity contribution in [3.63, 3.8) is 0 Å². The quantitative estimate of drug-likeness (QED) is 0.762. The summed E-state index contributed by atoms with van der Waals surface area (Å²) >= 11 is 0. The molecule has 70 valence electrons. The fourth-order valence-electron chi connectivity index (χ4n) is 1.34. The van der Waals surface area contributed by atoms with Gasteiger partial charge in [-0.2, -0.15) is 0 Å². The summed E-state index contributed by atoms with van der Waals surface area (Å²) < 4.78 is 5.17. The molecule has 0 saturated carbocycles. The maximum absolute atomic E-state index is 5.17. The monoisotopic (exact) mass is 178 g/mol. The minimum Gasteiger partial charge on any atom is -0.383 e. The fraction of sp³-hybridized carbons (Fsp3) is 0.500. The van der Waals surface area contributed by atoms with Crippen molar-refractivity contribution in [1.29, 1.82) is 0 Å². The number of aromatic nitrogens is 1. The SMILES string of the molecule is CC1(CNc2cccnc2)COC1. The zero-order valence-electron chi connectivity index (χ0n) is 7.79. The number of nitrogens with one attached hydrogen (secondary N) is 1. The predicted octanol–water partition coefficient (Wildman–Crippen LogP) is 1.53. The van der Waals surface area contributed by atoms with Crippen LogP contribution in [0, 0.1) is 5.41 Å². The van der Waals surface area contributed by atoms with Crippen LogP contribution >= 0.6 is 0 Å².